The van der Waals surface area contributed by atoms with E-state index in [1.54, 1.807) is 11.3 Å². The number of thiophene rings is 1. The second-order valence-corrected chi connectivity index (χ2v) is 5.25. The van der Waals surface area contributed by atoms with Crippen LogP contribution in [0.3, 0.4) is 0 Å². The maximum Gasteiger partial charge on any atom is 0.226 e. The Hall–Kier alpha value is -1.36. The fourth-order valence-electron chi connectivity index (χ4n) is 1.89. The summed E-state index contributed by atoms with van der Waals surface area (Å²) in [5.41, 5.74) is 0. The highest BCUT2D eigenvalue weighted by atomic mass is 32.1. The first kappa shape index (κ1) is 13.1. The van der Waals surface area contributed by atoms with E-state index in [1.165, 1.54) is 0 Å². The highest BCUT2D eigenvalue weighted by molar-refractivity contribution is 7.16. The number of rotatable bonds is 6. The molecule has 0 aromatic carbocycles. The molecule has 4 nitrogen and oxygen atoms in total. The Morgan fingerprint density at radius 2 is 2.11 bits per heavy atom. The van der Waals surface area contributed by atoms with Gasteiger partial charge in [-0.15, -0.1) is 11.3 Å². The molecule has 2 rings (SSSR count). The molecular formula is C13H20N4S. The largest absolute Gasteiger partial charge is 0.359 e. The highest BCUT2D eigenvalue weighted by Crippen LogP contribution is 2.28. The van der Waals surface area contributed by atoms with Crippen LogP contribution in [0.2, 0.25) is 0 Å². The Morgan fingerprint density at radius 3 is 2.83 bits per heavy atom. The van der Waals surface area contributed by atoms with E-state index in [4.69, 9.17) is 0 Å². The summed E-state index contributed by atoms with van der Waals surface area (Å²) in [4.78, 5) is 12.4. The molecule has 0 saturated carbocycles. The zero-order valence-electron chi connectivity index (χ0n) is 11.2. The van der Waals surface area contributed by atoms with Gasteiger partial charge in [-0.3, -0.25) is 0 Å². The first-order valence-corrected chi connectivity index (χ1v) is 7.34. The number of fused-ring (bicyclic) bond motifs is 1. The molecule has 0 aliphatic carbocycles. The van der Waals surface area contributed by atoms with Crippen molar-refractivity contribution in [3.8, 4) is 0 Å². The van der Waals surface area contributed by atoms with Crippen LogP contribution in [0.4, 0.5) is 11.8 Å². The first-order chi connectivity index (χ1) is 8.76. The van der Waals surface area contributed by atoms with E-state index in [9.17, 15) is 0 Å². The molecule has 0 aliphatic heterocycles. The van der Waals surface area contributed by atoms with Crippen molar-refractivity contribution < 1.29 is 0 Å². The SMILES string of the molecule is CCCNc1nc(N(C)CCC)c2ccsc2n1. The number of nitrogens with one attached hydrogen (secondary N) is 1. The number of hydrogen-bond acceptors (Lipinski definition) is 5. The Balaban J connectivity index is 2.38. The van der Waals surface area contributed by atoms with E-state index < -0.39 is 0 Å². The van der Waals surface area contributed by atoms with E-state index in [2.05, 4.69) is 52.5 Å². The molecule has 0 spiro atoms. The lowest BCUT2D eigenvalue weighted by molar-refractivity contribution is 0.839. The molecule has 0 aliphatic rings. The minimum atomic E-state index is 0.741. The second-order valence-electron chi connectivity index (χ2n) is 4.36. The third-order valence-corrected chi connectivity index (χ3v) is 3.57. The minimum absolute atomic E-state index is 0.741. The van der Waals surface area contributed by atoms with Crippen LogP contribution in [0, 0.1) is 0 Å². The number of hydrogen-bond donors (Lipinski definition) is 1. The van der Waals surface area contributed by atoms with Crippen molar-refractivity contribution in [3.63, 3.8) is 0 Å². The molecule has 0 saturated heterocycles. The van der Waals surface area contributed by atoms with E-state index in [0.717, 1.165) is 47.9 Å². The molecule has 2 aromatic heterocycles. The van der Waals surface area contributed by atoms with Crippen molar-refractivity contribution in [2.45, 2.75) is 26.7 Å². The van der Waals surface area contributed by atoms with E-state index in [-0.39, 0.29) is 0 Å². The fourth-order valence-corrected chi connectivity index (χ4v) is 2.65. The van der Waals surface area contributed by atoms with Crippen LogP contribution in [0.25, 0.3) is 10.2 Å². The highest BCUT2D eigenvalue weighted by Gasteiger charge is 2.11. The third-order valence-electron chi connectivity index (χ3n) is 2.76. The number of aromatic nitrogens is 2. The van der Waals surface area contributed by atoms with Crippen LogP contribution >= 0.6 is 11.3 Å². The summed E-state index contributed by atoms with van der Waals surface area (Å²) in [5, 5.41) is 6.50. The quantitative estimate of drug-likeness (QED) is 0.868. The predicted molar refractivity (Wildman–Crippen MR) is 79.8 cm³/mol. The summed E-state index contributed by atoms with van der Waals surface area (Å²) in [5.74, 6) is 1.77. The fraction of sp³-hybridized carbons (Fsp3) is 0.538. The summed E-state index contributed by atoms with van der Waals surface area (Å²) in [6.45, 7) is 6.24. The lowest BCUT2D eigenvalue weighted by Gasteiger charge is -2.18. The van der Waals surface area contributed by atoms with E-state index in [0.29, 0.717) is 0 Å². The van der Waals surface area contributed by atoms with Gasteiger partial charge in [0.05, 0.1) is 5.39 Å². The third kappa shape index (κ3) is 2.72. The van der Waals surface area contributed by atoms with Gasteiger partial charge in [0.15, 0.2) is 0 Å². The monoisotopic (exact) mass is 264 g/mol. The van der Waals surface area contributed by atoms with Crippen LogP contribution in [0.1, 0.15) is 26.7 Å². The van der Waals surface area contributed by atoms with Gasteiger partial charge < -0.3 is 10.2 Å². The van der Waals surface area contributed by atoms with Crippen molar-refractivity contribution in [2.24, 2.45) is 0 Å². The van der Waals surface area contributed by atoms with Crippen molar-refractivity contribution in [3.05, 3.63) is 11.4 Å². The first-order valence-electron chi connectivity index (χ1n) is 6.46. The van der Waals surface area contributed by atoms with Crippen LogP contribution < -0.4 is 10.2 Å². The standard InChI is InChI=1S/C13H20N4S/c1-4-7-14-13-15-11(17(3)8-5-2)10-6-9-18-12(10)16-13/h6,9H,4-5,7-8H2,1-3H3,(H,14,15,16). The van der Waals surface area contributed by atoms with Crippen molar-refractivity contribution >= 4 is 33.3 Å². The summed E-state index contributed by atoms with van der Waals surface area (Å²) >= 11 is 1.67. The average molecular weight is 264 g/mol. The lowest BCUT2D eigenvalue weighted by Crippen LogP contribution is -2.20. The maximum atomic E-state index is 4.64. The Kier molecular flexibility index (Phi) is 4.36. The van der Waals surface area contributed by atoms with Gasteiger partial charge in [-0.05, 0) is 24.3 Å². The molecule has 0 unspecified atom stereocenters. The minimum Gasteiger partial charge on any atom is -0.359 e. The molecule has 2 aromatic rings. The van der Waals surface area contributed by atoms with Gasteiger partial charge in [0.25, 0.3) is 0 Å². The molecule has 0 radical (unpaired) electrons. The van der Waals surface area contributed by atoms with Gasteiger partial charge in [-0.1, -0.05) is 13.8 Å². The zero-order chi connectivity index (χ0) is 13.0. The average Bonchev–Trinajstić information content (AvgIpc) is 2.83. The topological polar surface area (TPSA) is 41.1 Å². The maximum absolute atomic E-state index is 4.64. The van der Waals surface area contributed by atoms with Gasteiger partial charge in [-0.25, -0.2) is 4.98 Å². The van der Waals surface area contributed by atoms with Gasteiger partial charge in [-0.2, -0.15) is 4.98 Å². The number of anilines is 2. The van der Waals surface area contributed by atoms with Crippen molar-refractivity contribution in [2.75, 3.05) is 30.4 Å². The Labute approximate surface area is 112 Å². The Bertz CT molecular complexity index is 509. The van der Waals surface area contributed by atoms with Crippen LogP contribution in [0.15, 0.2) is 11.4 Å². The molecule has 18 heavy (non-hydrogen) atoms. The van der Waals surface area contributed by atoms with Gasteiger partial charge in [0.1, 0.15) is 10.6 Å². The normalized spacial score (nSPS) is 10.8. The lowest BCUT2D eigenvalue weighted by atomic mass is 10.3. The van der Waals surface area contributed by atoms with E-state index >= 15 is 0 Å². The summed E-state index contributed by atoms with van der Waals surface area (Å²) in [7, 11) is 2.09. The molecule has 0 bridgehead atoms. The second kappa shape index (κ2) is 6.00. The van der Waals surface area contributed by atoms with Crippen LogP contribution in [-0.4, -0.2) is 30.1 Å². The Morgan fingerprint density at radius 1 is 1.28 bits per heavy atom. The van der Waals surface area contributed by atoms with E-state index in [1.807, 2.05) is 0 Å². The number of nitrogens with zero attached hydrogens (tertiary/aromatic N) is 3. The van der Waals surface area contributed by atoms with Crippen LogP contribution in [0.5, 0.6) is 0 Å². The summed E-state index contributed by atoms with van der Waals surface area (Å²) in [6, 6.07) is 2.10. The zero-order valence-corrected chi connectivity index (χ0v) is 12.0. The molecule has 98 valence electrons. The summed E-state index contributed by atoms with van der Waals surface area (Å²) < 4.78 is 0. The van der Waals surface area contributed by atoms with Crippen LogP contribution in [-0.2, 0) is 0 Å². The van der Waals surface area contributed by atoms with Gasteiger partial charge >= 0.3 is 0 Å². The molecule has 0 amide bonds. The molecule has 0 atom stereocenters. The molecule has 5 heteroatoms. The van der Waals surface area contributed by atoms with Gasteiger partial charge in [0, 0.05) is 20.1 Å². The van der Waals surface area contributed by atoms with Crippen molar-refractivity contribution in [1.82, 2.24) is 9.97 Å². The predicted octanol–water partition coefficient (Wildman–Crippen LogP) is 3.36. The molecule has 1 N–H and O–H groups in total. The molecule has 2 heterocycles. The van der Waals surface area contributed by atoms with Gasteiger partial charge in [0.2, 0.25) is 5.95 Å². The molecule has 0 fully saturated rings. The molecular weight excluding hydrogens is 244 g/mol. The smallest absolute Gasteiger partial charge is 0.226 e. The van der Waals surface area contributed by atoms with Crippen molar-refractivity contribution in [1.29, 1.82) is 0 Å². The summed E-state index contributed by atoms with van der Waals surface area (Å²) in [6.07, 6.45) is 2.19.